The van der Waals surface area contributed by atoms with Crippen LogP contribution in [0.4, 0.5) is 0 Å². The Hall–Kier alpha value is -1.03. The van der Waals surface area contributed by atoms with Crippen LogP contribution in [0.25, 0.3) is 0 Å². The molecule has 0 atom stereocenters. The van der Waals surface area contributed by atoms with Crippen molar-refractivity contribution in [3.05, 3.63) is 29.8 Å². The molecule has 0 N–H and O–H groups in total. The summed E-state index contributed by atoms with van der Waals surface area (Å²) in [5.41, 5.74) is 1.08. The fourth-order valence-electron chi connectivity index (χ4n) is 1.53. The minimum atomic E-state index is 0.142. The smallest absolute Gasteiger partial charge is 0.223 e. The molecule has 0 aliphatic carbocycles. The summed E-state index contributed by atoms with van der Waals surface area (Å²) in [5, 5.41) is 0.704. The minimum absolute atomic E-state index is 0.142. The molecule has 0 heterocycles. The van der Waals surface area contributed by atoms with Crippen LogP contribution >= 0.6 is 15.9 Å². The van der Waals surface area contributed by atoms with Crippen LogP contribution in [0.2, 0.25) is 0 Å². The highest BCUT2D eigenvalue weighted by atomic mass is 79.9. The average Bonchev–Trinajstić information content (AvgIpc) is 2.30. The molecule has 1 amide bonds. The van der Waals surface area contributed by atoms with E-state index in [2.05, 4.69) is 15.9 Å². The number of hydrogen-bond donors (Lipinski definition) is 0. The van der Waals surface area contributed by atoms with Crippen LogP contribution in [0.3, 0.4) is 0 Å². The molecule has 3 nitrogen and oxygen atoms in total. The monoisotopic (exact) mass is 299 g/mol. The van der Waals surface area contributed by atoms with Crippen LogP contribution in [0.15, 0.2) is 24.3 Å². The van der Waals surface area contributed by atoms with Gasteiger partial charge in [0.1, 0.15) is 5.75 Å². The highest BCUT2D eigenvalue weighted by Gasteiger charge is 2.08. The van der Waals surface area contributed by atoms with Crippen molar-refractivity contribution in [3.63, 3.8) is 0 Å². The van der Waals surface area contributed by atoms with E-state index in [1.807, 2.05) is 38.2 Å². The summed E-state index contributed by atoms with van der Waals surface area (Å²) in [6.45, 7) is 3.23. The summed E-state index contributed by atoms with van der Waals surface area (Å²) in [6.07, 6.45) is 0.529. The second-order valence-corrected chi connectivity index (χ2v) is 4.56. The Kier molecular flexibility index (Phi) is 6.05. The normalized spacial score (nSPS) is 10.1. The molecule has 0 aliphatic heterocycles. The van der Waals surface area contributed by atoms with E-state index in [0.717, 1.165) is 11.3 Å². The largest absolute Gasteiger partial charge is 0.494 e. The summed E-state index contributed by atoms with van der Waals surface area (Å²) in [6, 6.07) is 7.85. The lowest BCUT2D eigenvalue weighted by atomic mass is 10.2. The van der Waals surface area contributed by atoms with Crippen LogP contribution in [-0.4, -0.2) is 29.8 Å². The number of carbonyl (C=O) groups excluding carboxylic acids is 1. The Balaban J connectivity index is 2.61. The van der Waals surface area contributed by atoms with E-state index in [0.29, 0.717) is 24.9 Å². The summed E-state index contributed by atoms with van der Waals surface area (Å²) in [5.74, 6) is 0.995. The topological polar surface area (TPSA) is 29.5 Å². The molecule has 17 heavy (non-hydrogen) atoms. The van der Waals surface area contributed by atoms with E-state index in [9.17, 15) is 4.79 Å². The molecule has 0 saturated heterocycles. The fourth-order valence-corrected chi connectivity index (χ4v) is 1.87. The van der Waals surface area contributed by atoms with Gasteiger partial charge in [0.05, 0.1) is 6.61 Å². The zero-order valence-corrected chi connectivity index (χ0v) is 11.9. The molecule has 1 aromatic rings. The first-order valence-corrected chi connectivity index (χ1v) is 6.81. The SMILES string of the molecule is CCOc1cccc(CN(C)C(=O)CCBr)c1. The summed E-state index contributed by atoms with van der Waals surface area (Å²) < 4.78 is 5.43. The van der Waals surface area contributed by atoms with Gasteiger partial charge >= 0.3 is 0 Å². The van der Waals surface area contributed by atoms with Gasteiger partial charge in [0, 0.05) is 25.3 Å². The highest BCUT2D eigenvalue weighted by Crippen LogP contribution is 2.14. The van der Waals surface area contributed by atoms with Gasteiger partial charge in [-0.05, 0) is 24.6 Å². The van der Waals surface area contributed by atoms with Crippen molar-refractivity contribution in [2.75, 3.05) is 19.0 Å². The number of nitrogens with zero attached hydrogens (tertiary/aromatic N) is 1. The molecule has 0 unspecified atom stereocenters. The lowest BCUT2D eigenvalue weighted by Gasteiger charge is -2.17. The van der Waals surface area contributed by atoms with Crippen LogP contribution in [-0.2, 0) is 11.3 Å². The van der Waals surface area contributed by atoms with Gasteiger partial charge in [0.15, 0.2) is 0 Å². The predicted molar refractivity (Wildman–Crippen MR) is 72.5 cm³/mol. The van der Waals surface area contributed by atoms with E-state index >= 15 is 0 Å². The van der Waals surface area contributed by atoms with E-state index in [1.165, 1.54) is 0 Å². The molecule has 4 heteroatoms. The molecule has 0 aliphatic rings. The molecule has 1 rings (SSSR count). The number of rotatable bonds is 6. The Bertz CT molecular complexity index is 368. The van der Waals surface area contributed by atoms with E-state index < -0.39 is 0 Å². The first-order chi connectivity index (χ1) is 8.17. The standard InChI is InChI=1S/C13H18BrNO2/c1-3-17-12-6-4-5-11(9-12)10-15(2)13(16)7-8-14/h4-6,9H,3,7-8,10H2,1-2H3. The third-order valence-corrected chi connectivity index (χ3v) is 2.76. The highest BCUT2D eigenvalue weighted by molar-refractivity contribution is 9.09. The second kappa shape index (κ2) is 7.33. The number of halogens is 1. The zero-order valence-electron chi connectivity index (χ0n) is 10.3. The number of hydrogen-bond acceptors (Lipinski definition) is 2. The molecule has 1 aromatic carbocycles. The minimum Gasteiger partial charge on any atom is -0.494 e. The molecule has 0 fully saturated rings. The third kappa shape index (κ3) is 4.77. The van der Waals surface area contributed by atoms with Crippen molar-refractivity contribution in [2.24, 2.45) is 0 Å². The van der Waals surface area contributed by atoms with Crippen molar-refractivity contribution >= 4 is 21.8 Å². The summed E-state index contributed by atoms with van der Waals surface area (Å²) in [4.78, 5) is 13.4. The molecular formula is C13H18BrNO2. The molecule has 94 valence electrons. The van der Waals surface area contributed by atoms with Gasteiger partial charge in [-0.25, -0.2) is 0 Å². The van der Waals surface area contributed by atoms with Crippen LogP contribution in [0.1, 0.15) is 18.9 Å². The maximum atomic E-state index is 11.6. The van der Waals surface area contributed by atoms with E-state index in [4.69, 9.17) is 4.74 Å². The first kappa shape index (κ1) is 14.0. The van der Waals surface area contributed by atoms with Gasteiger partial charge < -0.3 is 9.64 Å². The van der Waals surface area contributed by atoms with Crippen LogP contribution in [0, 0.1) is 0 Å². The Morgan fingerprint density at radius 3 is 2.88 bits per heavy atom. The van der Waals surface area contributed by atoms with Crippen molar-refractivity contribution < 1.29 is 9.53 Å². The first-order valence-electron chi connectivity index (χ1n) is 5.69. The lowest BCUT2D eigenvalue weighted by molar-refractivity contribution is -0.129. The Labute approximate surface area is 111 Å². The predicted octanol–water partition coefficient (Wildman–Crippen LogP) is 2.83. The Morgan fingerprint density at radius 2 is 2.24 bits per heavy atom. The van der Waals surface area contributed by atoms with Crippen molar-refractivity contribution in [3.8, 4) is 5.75 Å². The number of alkyl halides is 1. The molecule has 0 spiro atoms. The molecule has 0 bridgehead atoms. The average molecular weight is 300 g/mol. The van der Waals surface area contributed by atoms with Crippen molar-refractivity contribution in [2.45, 2.75) is 19.9 Å². The molecular weight excluding hydrogens is 282 g/mol. The number of ether oxygens (including phenoxy) is 1. The summed E-state index contributed by atoms with van der Waals surface area (Å²) >= 11 is 3.27. The third-order valence-electron chi connectivity index (χ3n) is 2.36. The van der Waals surface area contributed by atoms with Crippen LogP contribution in [0.5, 0.6) is 5.75 Å². The van der Waals surface area contributed by atoms with Crippen molar-refractivity contribution in [1.29, 1.82) is 0 Å². The Morgan fingerprint density at radius 1 is 1.47 bits per heavy atom. The number of amides is 1. The fraction of sp³-hybridized carbons (Fsp3) is 0.462. The van der Waals surface area contributed by atoms with Crippen LogP contribution < -0.4 is 4.74 Å². The molecule has 0 aromatic heterocycles. The molecule has 0 saturated carbocycles. The van der Waals surface area contributed by atoms with Gasteiger partial charge in [-0.15, -0.1) is 0 Å². The van der Waals surface area contributed by atoms with Gasteiger partial charge in [0.25, 0.3) is 0 Å². The number of carbonyl (C=O) groups is 1. The molecule has 0 radical (unpaired) electrons. The second-order valence-electron chi connectivity index (χ2n) is 3.77. The zero-order chi connectivity index (χ0) is 12.7. The maximum absolute atomic E-state index is 11.6. The lowest BCUT2D eigenvalue weighted by Crippen LogP contribution is -2.26. The van der Waals surface area contributed by atoms with E-state index in [-0.39, 0.29) is 5.91 Å². The maximum Gasteiger partial charge on any atom is 0.223 e. The van der Waals surface area contributed by atoms with Gasteiger partial charge in [-0.1, -0.05) is 28.1 Å². The van der Waals surface area contributed by atoms with Crippen molar-refractivity contribution in [1.82, 2.24) is 4.90 Å². The van der Waals surface area contributed by atoms with Gasteiger partial charge in [-0.3, -0.25) is 4.79 Å². The number of benzene rings is 1. The van der Waals surface area contributed by atoms with Gasteiger partial charge in [-0.2, -0.15) is 0 Å². The van der Waals surface area contributed by atoms with Gasteiger partial charge in [0.2, 0.25) is 5.91 Å². The van der Waals surface area contributed by atoms with E-state index in [1.54, 1.807) is 4.90 Å². The quantitative estimate of drug-likeness (QED) is 0.756. The summed E-state index contributed by atoms with van der Waals surface area (Å²) in [7, 11) is 1.82.